The van der Waals surface area contributed by atoms with Crippen LogP contribution in [-0.2, 0) is 11.0 Å². The summed E-state index contributed by atoms with van der Waals surface area (Å²) in [6, 6.07) is 8.31. The Morgan fingerprint density at radius 3 is 2.10 bits per heavy atom. The minimum Gasteiger partial charge on any atom is -0.496 e. The molecule has 0 bridgehead atoms. The van der Waals surface area contributed by atoms with E-state index < -0.39 is 9.04 Å². The molecule has 0 unspecified atom stereocenters. The molecule has 2 aliphatic carbocycles. The highest BCUT2D eigenvalue weighted by Gasteiger charge is 2.35. The van der Waals surface area contributed by atoms with Gasteiger partial charge in [0.15, 0.2) is 9.04 Å². The minimum absolute atomic E-state index is 0.758. The molecule has 1 aromatic rings. The van der Waals surface area contributed by atoms with Crippen LogP contribution < -0.4 is 4.74 Å². The van der Waals surface area contributed by atoms with E-state index in [1.54, 1.807) is 7.11 Å². The van der Waals surface area contributed by atoms with Gasteiger partial charge in [-0.15, -0.1) is 0 Å². The highest BCUT2D eigenvalue weighted by Crippen LogP contribution is 2.44. The Hall–Kier alpha value is -0.803. The van der Waals surface area contributed by atoms with Crippen LogP contribution in [0.25, 0.3) is 0 Å². The van der Waals surface area contributed by atoms with Crippen LogP contribution in [0.5, 0.6) is 5.75 Å². The summed E-state index contributed by atoms with van der Waals surface area (Å²) < 4.78 is 12.1. The molecule has 0 amide bonds. The van der Waals surface area contributed by atoms with Crippen molar-refractivity contribution in [3.05, 3.63) is 29.8 Å². The summed E-state index contributed by atoms with van der Waals surface area (Å²) >= 11 is 0. The Labute approximate surface area is 130 Å². The first-order valence-electron chi connectivity index (χ1n) is 8.62. The summed E-state index contributed by atoms with van der Waals surface area (Å²) in [4.78, 5) is 0. The molecule has 0 N–H and O–H groups in total. The maximum Gasteiger partial charge on any atom is 0.183 e. The van der Waals surface area contributed by atoms with Crippen molar-refractivity contribution in [2.24, 2.45) is 0 Å². The fourth-order valence-corrected chi connectivity index (χ4v) is 8.18. The van der Waals surface area contributed by atoms with Gasteiger partial charge in [-0.3, -0.25) is 0 Å². The molecule has 1 aromatic carbocycles. The maximum absolute atomic E-state index is 6.60. The lowest BCUT2D eigenvalue weighted by molar-refractivity contribution is 0.282. The zero-order chi connectivity index (χ0) is 14.5. The molecule has 2 fully saturated rings. The Balaban J connectivity index is 1.66. The van der Waals surface area contributed by atoms with Crippen molar-refractivity contribution in [1.82, 2.24) is 0 Å². The molecule has 0 heterocycles. The van der Waals surface area contributed by atoms with E-state index in [4.69, 9.17) is 9.16 Å². The van der Waals surface area contributed by atoms with Crippen molar-refractivity contribution in [3.63, 3.8) is 0 Å². The molecule has 0 radical (unpaired) electrons. The Morgan fingerprint density at radius 1 is 0.952 bits per heavy atom. The van der Waals surface area contributed by atoms with Gasteiger partial charge < -0.3 is 9.16 Å². The van der Waals surface area contributed by atoms with Crippen molar-refractivity contribution >= 4 is 9.04 Å². The summed E-state index contributed by atoms with van der Waals surface area (Å²) in [5, 5.41) is 0. The van der Waals surface area contributed by atoms with Gasteiger partial charge in [-0.2, -0.15) is 0 Å². The summed E-state index contributed by atoms with van der Waals surface area (Å²) in [6.07, 6.45) is 11.4. The normalized spacial score (nSPS) is 20.5. The fraction of sp³-hybridized carbons (Fsp3) is 0.667. The number of benzene rings is 1. The van der Waals surface area contributed by atoms with Gasteiger partial charge in [-0.05, 0) is 17.1 Å². The highest BCUT2D eigenvalue weighted by atomic mass is 28.3. The first-order chi connectivity index (χ1) is 10.4. The van der Waals surface area contributed by atoms with Crippen molar-refractivity contribution in [1.29, 1.82) is 0 Å². The molecule has 3 heteroatoms. The molecular weight excluding hydrogens is 276 g/mol. The van der Waals surface area contributed by atoms with Crippen LogP contribution in [-0.4, -0.2) is 16.2 Å². The third-order valence-electron chi connectivity index (χ3n) is 5.35. The largest absolute Gasteiger partial charge is 0.496 e. The third kappa shape index (κ3) is 3.70. The van der Waals surface area contributed by atoms with Crippen LogP contribution >= 0.6 is 0 Å². The molecule has 0 spiro atoms. The van der Waals surface area contributed by atoms with E-state index in [0.29, 0.717) is 0 Å². The third-order valence-corrected chi connectivity index (χ3v) is 9.10. The predicted molar refractivity (Wildman–Crippen MR) is 89.4 cm³/mol. The summed E-state index contributed by atoms with van der Waals surface area (Å²) in [7, 11) is 0.656. The van der Waals surface area contributed by atoms with Gasteiger partial charge in [0, 0.05) is 5.56 Å². The number of ether oxygens (including phenoxy) is 1. The smallest absolute Gasteiger partial charge is 0.183 e. The number of methoxy groups -OCH3 is 1. The first kappa shape index (κ1) is 15.1. The Kier molecular flexibility index (Phi) is 5.36. The van der Waals surface area contributed by atoms with E-state index in [1.165, 1.54) is 56.9 Å². The topological polar surface area (TPSA) is 18.5 Å². The lowest BCUT2D eigenvalue weighted by Crippen LogP contribution is -2.28. The lowest BCUT2D eigenvalue weighted by Gasteiger charge is -2.28. The van der Waals surface area contributed by atoms with Crippen LogP contribution in [0.3, 0.4) is 0 Å². The molecule has 2 saturated carbocycles. The number of rotatable bonds is 6. The quantitative estimate of drug-likeness (QED) is 0.701. The molecule has 21 heavy (non-hydrogen) atoms. The van der Waals surface area contributed by atoms with Gasteiger partial charge in [-0.1, -0.05) is 69.6 Å². The fourth-order valence-electron chi connectivity index (χ4n) is 4.24. The zero-order valence-electron chi connectivity index (χ0n) is 13.2. The average Bonchev–Trinajstić information content (AvgIpc) is 3.22. The molecule has 0 aromatic heterocycles. The molecule has 0 atom stereocenters. The van der Waals surface area contributed by atoms with Gasteiger partial charge >= 0.3 is 0 Å². The van der Waals surface area contributed by atoms with E-state index >= 15 is 0 Å². The van der Waals surface area contributed by atoms with E-state index in [1.807, 2.05) is 12.1 Å². The molecule has 0 saturated heterocycles. The predicted octanol–water partition coefficient (Wildman–Crippen LogP) is 4.82. The van der Waals surface area contributed by atoms with Gasteiger partial charge in [-0.25, -0.2) is 0 Å². The van der Waals surface area contributed by atoms with Gasteiger partial charge in [0.05, 0.1) is 13.7 Å². The minimum atomic E-state index is -1.10. The van der Waals surface area contributed by atoms with Crippen molar-refractivity contribution < 1.29 is 9.16 Å². The maximum atomic E-state index is 6.60. The van der Waals surface area contributed by atoms with Crippen LogP contribution in [0.15, 0.2) is 24.3 Å². The molecular formula is C18H28O2Si. The van der Waals surface area contributed by atoms with Crippen LogP contribution in [0.1, 0.15) is 56.9 Å². The van der Waals surface area contributed by atoms with Gasteiger partial charge in [0.1, 0.15) is 5.75 Å². The Bertz CT molecular complexity index is 421. The highest BCUT2D eigenvalue weighted by molar-refractivity contribution is 6.55. The SMILES string of the molecule is COc1ccccc1CO[SiH](C1CCCC1)C1CCCC1. The standard InChI is InChI=1S/C18H28O2Si/c1-19-18-13-7-2-8-15(18)14-20-21(16-9-3-4-10-16)17-11-5-6-12-17/h2,7-8,13,16-17,21H,3-6,9-12,14H2,1H3. The molecule has 2 nitrogen and oxygen atoms in total. The Morgan fingerprint density at radius 2 is 1.52 bits per heavy atom. The summed E-state index contributed by atoms with van der Waals surface area (Å²) in [5.41, 5.74) is 3.08. The van der Waals surface area contributed by atoms with Crippen LogP contribution in [0.2, 0.25) is 11.1 Å². The molecule has 3 rings (SSSR count). The van der Waals surface area contributed by atoms with Crippen LogP contribution in [0.4, 0.5) is 0 Å². The van der Waals surface area contributed by atoms with Crippen molar-refractivity contribution in [2.75, 3.05) is 7.11 Å². The van der Waals surface area contributed by atoms with Gasteiger partial charge in [0.25, 0.3) is 0 Å². The van der Waals surface area contributed by atoms with Crippen molar-refractivity contribution in [3.8, 4) is 5.75 Å². The summed E-state index contributed by atoms with van der Waals surface area (Å²) in [5.74, 6) is 0.975. The molecule has 2 aliphatic rings. The number of hydrogen-bond donors (Lipinski definition) is 0. The molecule has 0 aliphatic heterocycles. The number of hydrogen-bond acceptors (Lipinski definition) is 2. The molecule has 116 valence electrons. The second-order valence-corrected chi connectivity index (χ2v) is 9.82. The van der Waals surface area contributed by atoms with E-state index in [-0.39, 0.29) is 0 Å². The zero-order valence-corrected chi connectivity index (χ0v) is 14.4. The van der Waals surface area contributed by atoms with Crippen molar-refractivity contribution in [2.45, 2.75) is 69.1 Å². The van der Waals surface area contributed by atoms with Crippen LogP contribution in [0, 0.1) is 0 Å². The lowest BCUT2D eigenvalue weighted by atomic mass is 10.2. The monoisotopic (exact) mass is 304 g/mol. The number of para-hydroxylation sites is 1. The summed E-state index contributed by atoms with van der Waals surface area (Å²) in [6.45, 7) is 0.758. The first-order valence-corrected chi connectivity index (χ1v) is 10.4. The van der Waals surface area contributed by atoms with E-state index in [9.17, 15) is 0 Å². The van der Waals surface area contributed by atoms with E-state index in [0.717, 1.165) is 23.4 Å². The second-order valence-electron chi connectivity index (χ2n) is 6.68. The van der Waals surface area contributed by atoms with E-state index in [2.05, 4.69) is 12.1 Å². The van der Waals surface area contributed by atoms with Gasteiger partial charge in [0.2, 0.25) is 0 Å². The average molecular weight is 305 g/mol. The second kappa shape index (κ2) is 7.46.